The molecule has 1 atom stereocenters. The molecule has 0 radical (unpaired) electrons. The van der Waals surface area contributed by atoms with Crippen LogP contribution in [0, 0.1) is 5.82 Å². The third-order valence-electron chi connectivity index (χ3n) is 2.63. The molecule has 0 bridgehead atoms. The molecule has 1 aromatic carbocycles. The van der Waals surface area contributed by atoms with E-state index in [1.54, 1.807) is 0 Å². The number of carboxylic acid groups (broad SMARTS) is 1. The predicted octanol–water partition coefficient (Wildman–Crippen LogP) is 3.35. The maximum Gasteiger partial charge on any atom is 0.326 e. The van der Waals surface area contributed by atoms with E-state index in [0.29, 0.717) is 23.0 Å². The molecular formula is C13H16BrFN2O3. The Morgan fingerprint density at radius 1 is 1.45 bits per heavy atom. The number of hydrogen-bond acceptors (Lipinski definition) is 2. The number of unbranched alkanes of at least 4 members (excludes halogenated alkanes) is 1. The number of urea groups is 1. The molecule has 3 N–H and O–H groups in total. The number of rotatable bonds is 6. The second-order valence-electron chi connectivity index (χ2n) is 4.26. The number of hydrogen-bond donors (Lipinski definition) is 3. The summed E-state index contributed by atoms with van der Waals surface area (Å²) in [4.78, 5) is 22.7. The second-order valence-corrected chi connectivity index (χ2v) is 5.11. The first-order chi connectivity index (χ1) is 9.43. The van der Waals surface area contributed by atoms with Crippen molar-refractivity contribution in [3.8, 4) is 0 Å². The zero-order valence-electron chi connectivity index (χ0n) is 11.0. The summed E-state index contributed by atoms with van der Waals surface area (Å²) in [6.45, 7) is 1.94. The lowest BCUT2D eigenvalue weighted by Crippen LogP contribution is -2.43. The number of carboxylic acids is 1. The lowest BCUT2D eigenvalue weighted by Gasteiger charge is -2.15. The van der Waals surface area contributed by atoms with E-state index in [9.17, 15) is 14.0 Å². The van der Waals surface area contributed by atoms with Crippen LogP contribution in [0.15, 0.2) is 22.7 Å². The molecule has 0 heterocycles. The van der Waals surface area contributed by atoms with Crippen molar-refractivity contribution < 1.29 is 19.1 Å². The Kier molecular flexibility index (Phi) is 6.44. The fraction of sp³-hybridized carbons (Fsp3) is 0.385. The van der Waals surface area contributed by atoms with Crippen molar-refractivity contribution in [2.24, 2.45) is 0 Å². The molecule has 1 rings (SSSR count). The van der Waals surface area contributed by atoms with Gasteiger partial charge in [0.1, 0.15) is 11.9 Å². The molecule has 0 unspecified atom stereocenters. The molecule has 7 heteroatoms. The first-order valence-corrected chi connectivity index (χ1v) is 6.98. The number of anilines is 1. The largest absolute Gasteiger partial charge is 0.480 e. The topological polar surface area (TPSA) is 78.4 Å². The first kappa shape index (κ1) is 16.4. The van der Waals surface area contributed by atoms with Crippen molar-refractivity contribution in [3.05, 3.63) is 28.5 Å². The van der Waals surface area contributed by atoms with E-state index < -0.39 is 23.9 Å². The monoisotopic (exact) mass is 346 g/mol. The number of halogens is 2. The summed E-state index contributed by atoms with van der Waals surface area (Å²) in [5, 5.41) is 13.9. The summed E-state index contributed by atoms with van der Waals surface area (Å²) in [5.41, 5.74) is 0.364. The molecule has 0 fully saturated rings. The van der Waals surface area contributed by atoms with Gasteiger partial charge in [-0.3, -0.25) is 0 Å². The standard InChI is InChI=1S/C13H16BrFN2O3/c1-2-3-4-11(12(18)19)17-13(20)16-10-6-5-8(15)7-9(10)14/h5-7,11H,2-4H2,1H3,(H,18,19)(H2,16,17,20)/t11-/m0/s1. The van der Waals surface area contributed by atoms with Gasteiger partial charge in [-0.25, -0.2) is 14.0 Å². The highest BCUT2D eigenvalue weighted by Gasteiger charge is 2.19. The Labute approximate surface area is 124 Å². The van der Waals surface area contributed by atoms with Gasteiger partial charge < -0.3 is 15.7 Å². The molecule has 20 heavy (non-hydrogen) atoms. The zero-order chi connectivity index (χ0) is 15.1. The van der Waals surface area contributed by atoms with Crippen molar-refractivity contribution in [2.45, 2.75) is 32.2 Å². The van der Waals surface area contributed by atoms with Crippen LogP contribution >= 0.6 is 15.9 Å². The molecule has 0 aliphatic carbocycles. The zero-order valence-corrected chi connectivity index (χ0v) is 12.5. The van der Waals surface area contributed by atoms with Gasteiger partial charge in [-0.2, -0.15) is 0 Å². The fourth-order valence-electron chi connectivity index (χ4n) is 1.57. The van der Waals surface area contributed by atoms with Crippen LogP contribution < -0.4 is 10.6 Å². The summed E-state index contributed by atoms with van der Waals surface area (Å²) >= 11 is 3.11. The molecular weight excluding hydrogens is 331 g/mol. The molecule has 110 valence electrons. The molecule has 2 amide bonds. The normalized spacial score (nSPS) is 11.8. The van der Waals surface area contributed by atoms with E-state index in [1.807, 2.05) is 6.92 Å². The minimum absolute atomic E-state index is 0.364. The van der Waals surface area contributed by atoms with Crippen molar-refractivity contribution in [1.82, 2.24) is 5.32 Å². The van der Waals surface area contributed by atoms with E-state index in [2.05, 4.69) is 26.6 Å². The number of aliphatic carboxylic acids is 1. The highest BCUT2D eigenvalue weighted by Crippen LogP contribution is 2.22. The van der Waals surface area contributed by atoms with Gasteiger partial charge in [0.15, 0.2) is 0 Å². The molecule has 0 aliphatic heterocycles. The average Bonchev–Trinajstić information content (AvgIpc) is 2.37. The van der Waals surface area contributed by atoms with Gasteiger partial charge in [-0.1, -0.05) is 19.8 Å². The van der Waals surface area contributed by atoms with Crippen LogP contribution in [-0.2, 0) is 4.79 Å². The van der Waals surface area contributed by atoms with E-state index in [0.717, 1.165) is 6.42 Å². The van der Waals surface area contributed by atoms with Gasteiger partial charge in [-0.05, 0) is 40.5 Å². The summed E-state index contributed by atoms with van der Waals surface area (Å²) in [7, 11) is 0. The van der Waals surface area contributed by atoms with E-state index in [4.69, 9.17) is 5.11 Å². The number of amides is 2. The highest BCUT2D eigenvalue weighted by atomic mass is 79.9. The second kappa shape index (κ2) is 7.84. The van der Waals surface area contributed by atoms with Crippen LogP contribution in [0.4, 0.5) is 14.9 Å². The number of carbonyl (C=O) groups excluding carboxylic acids is 1. The Balaban J connectivity index is 2.63. The number of nitrogens with one attached hydrogen (secondary N) is 2. The van der Waals surface area contributed by atoms with E-state index >= 15 is 0 Å². The summed E-state index contributed by atoms with van der Waals surface area (Å²) < 4.78 is 13.3. The van der Waals surface area contributed by atoms with Gasteiger partial charge in [0, 0.05) is 4.47 Å². The number of carbonyl (C=O) groups is 2. The molecule has 5 nitrogen and oxygen atoms in total. The van der Waals surface area contributed by atoms with Crippen molar-refractivity contribution in [2.75, 3.05) is 5.32 Å². The minimum Gasteiger partial charge on any atom is -0.480 e. The summed E-state index contributed by atoms with van der Waals surface area (Å²) in [5.74, 6) is -1.51. The van der Waals surface area contributed by atoms with Gasteiger partial charge in [0.25, 0.3) is 0 Å². The third-order valence-corrected chi connectivity index (χ3v) is 3.29. The third kappa shape index (κ3) is 5.16. The molecule has 0 saturated carbocycles. The minimum atomic E-state index is -1.08. The van der Waals surface area contributed by atoms with Gasteiger partial charge in [0.05, 0.1) is 5.69 Å². The number of benzene rings is 1. The van der Waals surface area contributed by atoms with Crippen molar-refractivity contribution in [3.63, 3.8) is 0 Å². The SMILES string of the molecule is CCCC[C@H](NC(=O)Nc1ccc(F)cc1Br)C(=O)O. The van der Waals surface area contributed by atoms with Gasteiger partial charge in [0.2, 0.25) is 0 Å². The van der Waals surface area contributed by atoms with Crippen LogP contribution in [-0.4, -0.2) is 23.1 Å². The molecule has 0 saturated heterocycles. The van der Waals surface area contributed by atoms with Crippen molar-refractivity contribution >= 4 is 33.6 Å². The quantitative estimate of drug-likeness (QED) is 0.738. The maximum atomic E-state index is 12.9. The van der Waals surface area contributed by atoms with Gasteiger partial charge in [-0.15, -0.1) is 0 Å². The first-order valence-electron chi connectivity index (χ1n) is 6.19. The molecule has 1 aromatic rings. The van der Waals surface area contributed by atoms with Crippen LogP contribution in [0.3, 0.4) is 0 Å². The average molecular weight is 347 g/mol. The lowest BCUT2D eigenvalue weighted by atomic mass is 10.1. The van der Waals surface area contributed by atoms with Crippen LogP contribution in [0.5, 0.6) is 0 Å². The summed E-state index contributed by atoms with van der Waals surface area (Å²) in [6, 6.07) is 2.23. The maximum absolute atomic E-state index is 12.9. The molecule has 0 aliphatic rings. The Morgan fingerprint density at radius 3 is 2.70 bits per heavy atom. The Bertz CT molecular complexity index is 497. The Hall–Kier alpha value is -1.63. The van der Waals surface area contributed by atoms with Crippen LogP contribution in [0.25, 0.3) is 0 Å². The smallest absolute Gasteiger partial charge is 0.326 e. The highest BCUT2D eigenvalue weighted by molar-refractivity contribution is 9.10. The lowest BCUT2D eigenvalue weighted by molar-refractivity contribution is -0.139. The summed E-state index contributed by atoms with van der Waals surface area (Å²) in [6.07, 6.45) is 1.91. The van der Waals surface area contributed by atoms with Crippen LogP contribution in [0.2, 0.25) is 0 Å². The van der Waals surface area contributed by atoms with E-state index in [-0.39, 0.29) is 0 Å². The Morgan fingerprint density at radius 2 is 2.15 bits per heavy atom. The fourth-order valence-corrected chi connectivity index (χ4v) is 2.02. The predicted molar refractivity (Wildman–Crippen MR) is 77.2 cm³/mol. The van der Waals surface area contributed by atoms with E-state index in [1.165, 1.54) is 18.2 Å². The van der Waals surface area contributed by atoms with Crippen LogP contribution in [0.1, 0.15) is 26.2 Å². The van der Waals surface area contributed by atoms with Crippen molar-refractivity contribution in [1.29, 1.82) is 0 Å². The van der Waals surface area contributed by atoms with Gasteiger partial charge >= 0.3 is 12.0 Å². The molecule has 0 spiro atoms. The molecule has 0 aromatic heterocycles.